The average molecular weight is 256 g/mol. The summed E-state index contributed by atoms with van der Waals surface area (Å²) in [6, 6.07) is 2.83. The summed E-state index contributed by atoms with van der Waals surface area (Å²) >= 11 is 0. The van der Waals surface area contributed by atoms with Crippen molar-refractivity contribution in [2.75, 3.05) is 13.2 Å². The first kappa shape index (κ1) is 14.8. The lowest BCUT2D eigenvalue weighted by Crippen LogP contribution is -2.15. The van der Waals surface area contributed by atoms with Crippen LogP contribution in [0.15, 0.2) is 18.2 Å². The number of benzene rings is 1. The predicted octanol–water partition coefficient (Wildman–Crippen LogP) is 3.60. The van der Waals surface area contributed by atoms with E-state index in [4.69, 9.17) is 4.74 Å². The number of halogens is 2. The number of rotatable bonds is 7. The smallest absolute Gasteiger partial charge is 0.191 e. The third-order valence-corrected chi connectivity index (χ3v) is 2.65. The fraction of sp³-hybridized carbons (Fsp3) is 0.500. The van der Waals surface area contributed by atoms with E-state index in [1.54, 1.807) is 0 Å². The summed E-state index contributed by atoms with van der Waals surface area (Å²) in [5, 5.41) is 0. The van der Waals surface area contributed by atoms with Gasteiger partial charge < -0.3 is 4.74 Å². The Morgan fingerprint density at radius 3 is 2.78 bits per heavy atom. The number of ether oxygens (including phenoxy) is 1. The molecule has 0 fully saturated rings. The SMILES string of the molecule is CCCC(C)COCC(=O)c1cc(F)ccc1F. The van der Waals surface area contributed by atoms with Crippen molar-refractivity contribution in [3.05, 3.63) is 35.4 Å². The van der Waals surface area contributed by atoms with Crippen LogP contribution in [0.1, 0.15) is 37.0 Å². The Labute approximate surface area is 106 Å². The van der Waals surface area contributed by atoms with Crippen LogP contribution >= 0.6 is 0 Å². The van der Waals surface area contributed by atoms with Crippen molar-refractivity contribution in [2.24, 2.45) is 5.92 Å². The molecule has 0 spiro atoms. The van der Waals surface area contributed by atoms with Crippen LogP contribution in [0.5, 0.6) is 0 Å². The summed E-state index contributed by atoms with van der Waals surface area (Å²) in [5.74, 6) is -1.51. The van der Waals surface area contributed by atoms with E-state index < -0.39 is 17.4 Å². The molecule has 1 aromatic rings. The molecular weight excluding hydrogens is 238 g/mol. The van der Waals surface area contributed by atoms with Gasteiger partial charge in [-0.3, -0.25) is 4.79 Å². The lowest BCUT2D eigenvalue weighted by atomic mass is 10.1. The highest BCUT2D eigenvalue weighted by atomic mass is 19.1. The summed E-state index contributed by atoms with van der Waals surface area (Å²) in [6.07, 6.45) is 2.07. The molecule has 1 unspecified atom stereocenters. The minimum atomic E-state index is -0.716. The maximum atomic E-state index is 13.3. The minimum absolute atomic E-state index is 0.214. The summed E-state index contributed by atoms with van der Waals surface area (Å²) < 4.78 is 31.4. The molecule has 0 radical (unpaired) electrons. The molecule has 1 aromatic carbocycles. The summed E-state index contributed by atoms with van der Waals surface area (Å²) in [5.41, 5.74) is -0.252. The summed E-state index contributed by atoms with van der Waals surface area (Å²) in [4.78, 5) is 11.6. The van der Waals surface area contributed by atoms with Gasteiger partial charge >= 0.3 is 0 Å². The Balaban J connectivity index is 2.48. The molecule has 100 valence electrons. The molecule has 1 rings (SSSR count). The van der Waals surface area contributed by atoms with Crippen LogP contribution in [-0.4, -0.2) is 19.0 Å². The zero-order valence-corrected chi connectivity index (χ0v) is 10.7. The van der Waals surface area contributed by atoms with Gasteiger partial charge in [-0.15, -0.1) is 0 Å². The minimum Gasteiger partial charge on any atom is -0.373 e. The molecule has 0 aliphatic rings. The van der Waals surface area contributed by atoms with Gasteiger partial charge in [0.2, 0.25) is 0 Å². The topological polar surface area (TPSA) is 26.3 Å². The Morgan fingerprint density at radius 2 is 2.11 bits per heavy atom. The lowest BCUT2D eigenvalue weighted by Gasteiger charge is -2.10. The molecule has 0 saturated heterocycles. The van der Waals surface area contributed by atoms with Crippen molar-refractivity contribution in [3.8, 4) is 0 Å². The molecule has 0 saturated carbocycles. The van der Waals surface area contributed by atoms with Gasteiger partial charge in [0.05, 0.1) is 5.56 Å². The largest absolute Gasteiger partial charge is 0.373 e. The molecule has 0 aliphatic heterocycles. The number of ketones is 1. The van der Waals surface area contributed by atoms with Crippen LogP contribution in [-0.2, 0) is 4.74 Å². The Bertz CT molecular complexity index is 405. The van der Waals surface area contributed by atoms with Gasteiger partial charge in [0.25, 0.3) is 0 Å². The van der Waals surface area contributed by atoms with Crippen LogP contribution in [0, 0.1) is 17.6 Å². The van der Waals surface area contributed by atoms with E-state index in [9.17, 15) is 13.6 Å². The fourth-order valence-corrected chi connectivity index (χ4v) is 1.72. The summed E-state index contributed by atoms with van der Waals surface area (Å²) in [7, 11) is 0. The number of Topliss-reactive ketones (excluding diaryl/α,β-unsaturated/α-hetero) is 1. The van der Waals surface area contributed by atoms with Crippen LogP contribution in [0.3, 0.4) is 0 Å². The van der Waals surface area contributed by atoms with Crippen molar-refractivity contribution in [1.82, 2.24) is 0 Å². The molecule has 0 N–H and O–H groups in total. The van der Waals surface area contributed by atoms with E-state index in [1.807, 2.05) is 6.92 Å². The van der Waals surface area contributed by atoms with Crippen LogP contribution in [0.4, 0.5) is 8.78 Å². The first-order chi connectivity index (χ1) is 8.54. The van der Waals surface area contributed by atoms with E-state index in [0.29, 0.717) is 12.5 Å². The van der Waals surface area contributed by atoms with Crippen molar-refractivity contribution in [3.63, 3.8) is 0 Å². The Kier molecular flexibility index (Phi) is 5.92. The summed E-state index contributed by atoms with van der Waals surface area (Å²) in [6.45, 7) is 4.34. The lowest BCUT2D eigenvalue weighted by molar-refractivity contribution is 0.0679. The highest BCUT2D eigenvalue weighted by molar-refractivity contribution is 5.97. The van der Waals surface area contributed by atoms with Gasteiger partial charge in [0.1, 0.15) is 18.2 Å². The van der Waals surface area contributed by atoms with E-state index in [2.05, 4.69) is 6.92 Å². The molecule has 4 heteroatoms. The zero-order chi connectivity index (χ0) is 13.5. The second-order valence-electron chi connectivity index (χ2n) is 4.46. The predicted molar refractivity (Wildman–Crippen MR) is 65.6 cm³/mol. The number of hydrogen-bond donors (Lipinski definition) is 0. The van der Waals surface area contributed by atoms with Crippen molar-refractivity contribution >= 4 is 5.78 Å². The Hall–Kier alpha value is -1.29. The van der Waals surface area contributed by atoms with Gasteiger partial charge in [-0.25, -0.2) is 8.78 Å². The Morgan fingerprint density at radius 1 is 1.39 bits per heavy atom. The second-order valence-corrected chi connectivity index (χ2v) is 4.46. The highest BCUT2D eigenvalue weighted by Gasteiger charge is 2.13. The van der Waals surface area contributed by atoms with Crippen LogP contribution < -0.4 is 0 Å². The molecule has 0 aromatic heterocycles. The molecule has 0 amide bonds. The highest BCUT2D eigenvalue weighted by Crippen LogP contribution is 2.11. The third-order valence-electron chi connectivity index (χ3n) is 2.65. The maximum Gasteiger partial charge on any atom is 0.191 e. The quantitative estimate of drug-likeness (QED) is 0.697. The molecule has 2 nitrogen and oxygen atoms in total. The van der Waals surface area contributed by atoms with E-state index in [1.165, 1.54) is 0 Å². The van der Waals surface area contributed by atoms with E-state index >= 15 is 0 Å². The molecule has 0 bridgehead atoms. The first-order valence-corrected chi connectivity index (χ1v) is 6.10. The number of carbonyl (C=O) groups is 1. The number of hydrogen-bond acceptors (Lipinski definition) is 2. The zero-order valence-electron chi connectivity index (χ0n) is 10.7. The van der Waals surface area contributed by atoms with Gasteiger partial charge in [-0.2, -0.15) is 0 Å². The van der Waals surface area contributed by atoms with Crippen molar-refractivity contribution < 1.29 is 18.3 Å². The molecule has 0 heterocycles. The van der Waals surface area contributed by atoms with Crippen molar-refractivity contribution in [1.29, 1.82) is 0 Å². The molecule has 0 aliphatic carbocycles. The van der Waals surface area contributed by atoms with E-state index in [0.717, 1.165) is 31.0 Å². The molecule has 18 heavy (non-hydrogen) atoms. The van der Waals surface area contributed by atoms with Gasteiger partial charge in [-0.05, 0) is 30.5 Å². The molecular formula is C14H18F2O2. The van der Waals surface area contributed by atoms with Gasteiger partial charge in [-0.1, -0.05) is 20.3 Å². The van der Waals surface area contributed by atoms with Gasteiger partial charge in [0.15, 0.2) is 5.78 Å². The maximum absolute atomic E-state index is 13.3. The first-order valence-electron chi connectivity index (χ1n) is 6.10. The standard InChI is InChI=1S/C14H18F2O2/c1-3-4-10(2)8-18-9-14(17)12-7-11(15)5-6-13(12)16/h5-7,10H,3-4,8-9H2,1-2H3. The van der Waals surface area contributed by atoms with Crippen LogP contribution in [0.25, 0.3) is 0 Å². The monoisotopic (exact) mass is 256 g/mol. The number of carbonyl (C=O) groups excluding carboxylic acids is 1. The van der Waals surface area contributed by atoms with Crippen LogP contribution in [0.2, 0.25) is 0 Å². The third kappa shape index (κ3) is 4.53. The fourth-order valence-electron chi connectivity index (χ4n) is 1.72. The van der Waals surface area contributed by atoms with E-state index in [-0.39, 0.29) is 12.2 Å². The van der Waals surface area contributed by atoms with Gasteiger partial charge in [0, 0.05) is 6.61 Å². The van der Waals surface area contributed by atoms with Crippen molar-refractivity contribution in [2.45, 2.75) is 26.7 Å². The average Bonchev–Trinajstić information content (AvgIpc) is 2.32. The normalized spacial score (nSPS) is 12.4. The molecule has 1 atom stereocenters. The second kappa shape index (κ2) is 7.21.